The van der Waals surface area contributed by atoms with E-state index in [1.165, 1.54) is 18.2 Å². The summed E-state index contributed by atoms with van der Waals surface area (Å²) in [6.07, 6.45) is 0. The Labute approximate surface area is 123 Å². The Balaban J connectivity index is 2.26. The molecule has 0 unspecified atom stereocenters. The zero-order valence-electron chi connectivity index (χ0n) is 12.1. The van der Waals surface area contributed by atoms with Crippen molar-refractivity contribution in [2.75, 3.05) is 0 Å². The second-order valence-electron chi connectivity index (χ2n) is 5.03. The van der Waals surface area contributed by atoms with Gasteiger partial charge in [0.05, 0.1) is 11.6 Å². The summed E-state index contributed by atoms with van der Waals surface area (Å²) in [4.78, 5) is 0. The van der Waals surface area contributed by atoms with Crippen molar-refractivity contribution in [3.8, 4) is 11.8 Å². The Kier molecular flexibility index (Phi) is 4.56. The Morgan fingerprint density at radius 3 is 2.71 bits per heavy atom. The van der Waals surface area contributed by atoms with Gasteiger partial charge in [-0.15, -0.1) is 0 Å². The molecular formula is C17H17FN2O. The second-order valence-corrected chi connectivity index (χ2v) is 5.03. The lowest BCUT2D eigenvalue weighted by Crippen LogP contribution is -2.09. The normalized spacial score (nSPS) is 11.8. The van der Waals surface area contributed by atoms with Gasteiger partial charge < -0.3 is 10.5 Å². The van der Waals surface area contributed by atoms with Gasteiger partial charge in [-0.1, -0.05) is 12.1 Å². The molecule has 21 heavy (non-hydrogen) atoms. The predicted molar refractivity (Wildman–Crippen MR) is 79.2 cm³/mol. The van der Waals surface area contributed by atoms with Crippen LogP contribution in [-0.2, 0) is 6.61 Å². The van der Waals surface area contributed by atoms with Crippen molar-refractivity contribution in [1.82, 2.24) is 0 Å². The monoisotopic (exact) mass is 284 g/mol. The van der Waals surface area contributed by atoms with Crippen molar-refractivity contribution < 1.29 is 9.13 Å². The fourth-order valence-electron chi connectivity index (χ4n) is 2.09. The van der Waals surface area contributed by atoms with Crippen molar-refractivity contribution in [3.63, 3.8) is 0 Å². The smallest absolute Gasteiger partial charge is 0.124 e. The molecule has 2 aromatic carbocycles. The number of ether oxygens (including phenoxy) is 1. The minimum atomic E-state index is -0.385. The molecule has 0 fully saturated rings. The summed E-state index contributed by atoms with van der Waals surface area (Å²) in [5.74, 6) is 0.280. The summed E-state index contributed by atoms with van der Waals surface area (Å²) in [6, 6.07) is 11.7. The highest BCUT2D eigenvalue weighted by Crippen LogP contribution is 2.26. The van der Waals surface area contributed by atoms with E-state index in [4.69, 9.17) is 15.7 Å². The van der Waals surface area contributed by atoms with E-state index in [0.717, 1.165) is 11.1 Å². The topological polar surface area (TPSA) is 59.0 Å². The van der Waals surface area contributed by atoms with E-state index in [9.17, 15) is 4.39 Å². The lowest BCUT2D eigenvalue weighted by Gasteiger charge is -2.15. The van der Waals surface area contributed by atoms with Gasteiger partial charge in [0.15, 0.2) is 0 Å². The first kappa shape index (κ1) is 15.0. The maximum absolute atomic E-state index is 13.3. The minimum absolute atomic E-state index is 0.129. The standard InChI is InChI=1S/C17H17FN2O/c1-11-3-6-16(12(2)20)17(7-11)21-10-14-8-15(18)5-4-13(14)9-19/h3-8,12H,10,20H2,1-2H3/t12-/m1/s1. The molecule has 0 heterocycles. The largest absolute Gasteiger partial charge is 0.489 e. The van der Waals surface area contributed by atoms with E-state index >= 15 is 0 Å². The Bertz CT molecular complexity index is 690. The average Bonchev–Trinajstić information content (AvgIpc) is 2.45. The van der Waals surface area contributed by atoms with Crippen LogP contribution < -0.4 is 10.5 Å². The number of nitriles is 1. The van der Waals surface area contributed by atoms with Gasteiger partial charge in [-0.25, -0.2) is 4.39 Å². The Hall–Kier alpha value is -2.38. The van der Waals surface area contributed by atoms with Crippen LogP contribution >= 0.6 is 0 Å². The maximum Gasteiger partial charge on any atom is 0.124 e. The molecule has 0 aliphatic rings. The minimum Gasteiger partial charge on any atom is -0.489 e. The first-order valence-electron chi connectivity index (χ1n) is 6.68. The molecule has 0 spiro atoms. The third kappa shape index (κ3) is 3.59. The molecule has 2 aromatic rings. The molecule has 4 heteroatoms. The van der Waals surface area contributed by atoms with Gasteiger partial charge in [0.25, 0.3) is 0 Å². The number of hydrogen-bond acceptors (Lipinski definition) is 3. The summed E-state index contributed by atoms with van der Waals surface area (Å²) in [5, 5.41) is 9.05. The van der Waals surface area contributed by atoms with Crippen molar-refractivity contribution in [3.05, 3.63) is 64.5 Å². The van der Waals surface area contributed by atoms with Gasteiger partial charge in [-0.05, 0) is 43.7 Å². The summed E-state index contributed by atoms with van der Waals surface area (Å²) >= 11 is 0. The SMILES string of the molecule is Cc1ccc([C@@H](C)N)c(OCc2cc(F)ccc2C#N)c1. The number of halogens is 1. The molecule has 0 saturated carbocycles. The van der Waals surface area contributed by atoms with Crippen LogP contribution in [0.25, 0.3) is 0 Å². The van der Waals surface area contributed by atoms with Crippen LogP contribution in [0.15, 0.2) is 36.4 Å². The number of hydrogen-bond donors (Lipinski definition) is 1. The predicted octanol–water partition coefficient (Wildman–Crippen LogP) is 3.60. The molecule has 0 radical (unpaired) electrons. The van der Waals surface area contributed by atoms with E-state index in [0.29, 0.717) is 16.9 Å². The quantitative estimate of drug-likeness (QED) is 0.933. The first-order valence-corrected chi connectivity index (χ1v) is 6.68. The maximum atomic E-state index is 13.3. The van der Waals surface area contributed by atoms with E-state index in [2.05, 4.69) is 0 Å². The fourth-order valence-corrected chi connectivity index (χ4v) is 2.09. The molecular weight excluding hydrogens is 267 g/mol. The van der Waals surface area contributed by atoms with Crippen molar-refractivity contribution in [2.45, 2.75) is 26.5 Å². The Morgan fingerprint density at radius 1 is 1.29 bits per heavy atom. The highest BCUT2D eigenvalue weighted by Gasteiger charge is 2.10. The highest BCUT2D eigenvalue weighted by atomic mass is 19.1. The zero-order valence-corrected chi connectivity index (χ0v) is 12.1. The molecule has 0 saturated heterocycles. The molecule has 1 atom stereocenters. The molecule has 108 valence electrons. The van der Waals surface area contributed by atoms with Crippen molar-refractivity contribution in [1.29, 1.82) is 5.26 Å². The van der Waals surface area contributed by atoms with Gasteiger partial charge in [-0.3, -0.25) is 0 Å². The number of benzene rings is 2. The van der Waals surface area contributed by atoms with Gasteiger partial charge in [0.2, 0.25) is 0 Å². The van der Waals surface area contributed by atoms with Crippen LogP contribution in [0.2, 0.25) is 0 Å². The van der Waals surface area contributed by atoms with E-state index in [1.807, 2.05) is 38.1 Å². The van der Waals surface area contributed by atoms with Crippen LogP contribution in [0.4, 0.5) is 4.39 Å². The summed E-state index contributed by atoms with van der Waals surface area (Å²) in [5.41, 5.74) is 8.79. The summed E-state index contributed by atoms with van der Waals surface area (Å²) in [7, 11) is 0. The number of nitrogens with two attached hydrogens (primary N) is 1. The van der Waals surface area contributed by atoms with E-state index in [-0.39, 0.29) is 18.5 Å². The second kappa shape index (κ2) is 6.38. The molecule has 0 aromatic heterocycles. The van der Waals surface area contributed by atoms with E-state index in [1.54, 1.807) is 0 Å². The van der Waals surface area contributed by atoms with Crippen LogP contribution in [0.1, 0.15) is 35.2 Å². The average molecular weight is 284 g/mol. The van der Waals surface area contributed by atoms with Gasteiger partial charge in [0.1, 0.15) is 18.2 Å². The molecule has 0 aliphatic heterocycles. The molecule has 3 nitrogen and oxygen atoms in total. The van der Waals surface area contributed by atoms with Gasteiger partial charge in [0, 0.05) is 17.2 Å². The molecule has 2 N–H and O–H groups in total. The third-order valence-electron chi connectivity index (χ3n) is 3.23. The van der Waals surface area contributed by atoms with E-state index < -0.39 is 0 Å². The molecule has 0 bridgehead atoms. The number of aryl methyl sites for hydroxylation is 1. The fraction of sp³-hybridized carbons (Fsp3) is 0.235. The van der Waals surface area contributed by atoms with Crippen molar-refractivity contribution >= 4 is 0 Å². The zero-order chi connectivity index (χ0) is 15.4. The van der Waals surface area contributed by atoms with Crippen LogP contribution in [0.3, 0.4) is 0 Å². The Morgan fingerprint density at radius 2 is 2.05 bits per heavy atom. The van der Waals surface area contributed by atoms with Gasteiger partial charge >= 0.3 is 0 Å². The number of nitrogens with zero attached hydrogens (tertiary/aromatic N) is 1. The molecule has 2 rings (SSSR count). The van der Waals surface area contributed by atoms with Crippen LogP contribution in [0, 0.1) is 24.1 Å². The first-order chi connectivity index (χ1) is 10.0. The number of rotatable bonds is 4. The van der Waals surface area contributed by atoms with Crippen LogP contribution in [-0.4, -0.2) is 0 Å². The molecule has 0 aliphatic carbocycles. The highest BCUT2D eigenvalue weighted by molar-refractivity contribution is 5.41. The van der Waals surface area contributed by atoms with Crippen molar-refractivity contribution in [2.24, 2.45) is 5.73 Å². The third-order valence-corrected chi connectivity index (χ3v) is 3.23. The summed E-state index contributed by atoms with van der Waals surface area (Å²) in [6.45, 7) is 3.96. The molecule has 0 amide bonds. The summed E-state index contributed by atoms with van der Waals surface area (Å²) < 4.78 is 19.1. The van der Waals surface area contributed by atoms with Crippen LogP contribution in [0.5, 0.6) is 5.75 Å². The lowest BCUT2D eigenvalue weighted by molar-refractivity contribution is 0.300. The lowest BCUT2D eigenvalue weighted by atomic mass is 10.1. The van der Waals surface area contributed by atoms with Gasteiger partial charge in [-0.2, -0.15) is 5.26 Å².